The molecule has 2 aromatic rings. The van der Waals surface area contributed by atoms with Crippen LogP contribution in [-0.4, -0.2) is 42.0 Å². The molecule has 2 aliphatic rings. The molecular formula is C17H21N3O. The first-order valence-electron chi connectivity index (χ1n) is 7.95. The van der Waals surface area contributed by atoms with E-state index in [2.05, 4.69) is 21.3 Å². The number of hydrogen-bond acceptors (Lipinski definition) is 2. The SMILES string of the molecule is O=C(NCCN1CCC1)c1ccc2[nH]c3c(c2c1)CCC3. The fourth-order valence-corrected chi connectivity index (χ4v) is 3.42. The molecule has 0 spiro atoms. The van der Waals surface area contributed by atoms with E-state index in [0.29, 0.717) is 0 Å². The van der Waals surface area contributed by atoms with Crippen molar-refractivity contribution in [2.75, 3.05) is 26.2 Å². The summed E-state index contributed by atoms with van der Waals surface area (Å²) in [7, 11) is 0. The van der Waals surface area contributed by atoms with Gasteiger partial charge in [0.25, 0.3) is 5.91 Å². The lowest BCUT2D eigenvalue weighted by atomic mass is 10.1. The highest BCUT2D eigenvalue weighted by Gasteiger charge is 2.18. The molecule has 1 aromatic heterocycles. The lowest BCUT2D eigenvalue weighted by Crippen LogP contribution is -2.42. The highest BCUT2D eigenvalue weighted by Crippen LogP contribution is 2.30. The maximum atomic E-state index is 12.3. The van der Waals surface area contributed by atoms with Crippen LogP contribution in [0.3, 0.4) is 0 Å². The van der Waals surface area contributed by atoms with Crippen LogP contribution in [0.4, 0.5) is 0 Å². The van der Waals surface area contributed by atoms with Crippen LogP contribution in [-0.2, 0) is 12.8 Å². The first-order valence-corrected chi connectivity index (χ1v) is 7.95. The van der Waals surface area contributed by atoms with Crippen LogP contribution >= 0.6 is 0 Å². The van der Waals surface area contributed by atoms with E-state index in [0.717, 1.165) is 37.0 Å². The Morgan fingerprint density at radius 2 is 2.14 bits per heavy atom. The number of fused-ring (bicyclic) bond motifs is 3. The molecule has 1 amide bonds. The molecule has 4 nitrogen and oxygen atoms in total. The Morgan fingerprint density at radius 1 is 1.24 bits per heavy atom. The minimum Gasteiger partial charge on any atom is -0.358 e. The summed E-state index contributed by atoms with van der Waals surface area (Å²) in [4.78, 5) is 18.1. The van der Waals surface area contributed by atoms with E-state index in [-0.39, 0.29) is 5.91 Å². The van der Waals surface area contributed by atoms with E-state index >= 15 is 0 Å². The molecule has 21 heavy (non-hydrogen) atoms. The minimum absolute atomic E-state index is 0.0466. The Bertz CT molecular complexity index is 685. The number of aryl methyl sites for hydroxylation is 2. The summed E-state index contributed by atoms with van der Waals surface area (Å²) in [6.07, 6.45) is 4.79. The zero-order valence-electron chi connectivity index (χ0n) is 12.2. The van der Waals surface area contributed by atoms with Gasteiger partial charge in [0.05, 0.1) is 0 Å². The number of H-pyrrole nitrogens is 1. The number of nitrogens with one attached hydrogen (secondary N) is 2. The highest BCUT2D eigenvalue weighted by atomic mass is 16.1. The minimum atomic E-state index is 0.0466. The van der Waals surface area contributed by atoms with Gasteiger partial charge in [-0.2, -0.15) is 0 Å². The van der Waals surface area contributed by atoms with Crippen LogP contribution in [0.25, 0.3) is 10.9 Å². The molecule has 0 atom stereocenters. The maximum Gasteiger partial charge on any atom is 0.251 e. The van der Waals surface area contributed by atoms with Crippen LogP contribution in [0.5, 0.6) is 0 Å². The van der Waals surface area contributed by atoms with Gasteiger partial charge in [0, 0.05) is 35.2 Å². The van der Waals surface area contributed by atoms with Gasteiger partial charge < -0.3 is 15.2 Å². The second-order valence-electron chi connectivity index (χ2n) is 6.15. The average Bonchev–Trinajstić information content (AvgIpc) is 3.01. The second-order valence-corrected chi connectivity index (χ2v) is 6.15. The molecule has 1 fully saturated rings. The molecule has 2 heterocycles. The third-order valence-corrected chi connectivity index (χ3v) is 4.77. The van der Waals surface area contributed by atoms with Crippen molar-refractivity contribution in [2.24, 2.45) is 0 Å². The van der Waals surface area contributed by atoms with Crippen LogP contribution < -0.4 is 5.32 Å². The molecule has 1 aromatic carbocycles. The maximum absolute atomic E-state index is 12.3. The number of aromatic amines is 1. The predicted octanol–water partition coefficient (Wildman–Crippen LogP) is 2.09. The number of carbonyl (C=O) groups excluding carboxylic acids is 1. The van der Waals surface area contributed by atoms with Crippen molar-refractivity contribution in [3.63, 3.8) is 0 Å². The van der Waals surface area contributed by atoms with E-state index in [1.807, 2.05) is 12.1 Å². The van der Waals surface area contributed by atoms with Crippen molar-refractivity contribution in [1.29, 1.82) is 0 Å². The molecule has 0 radical (unpaired) electrons. The summed E-state index contributed by atoms with van der Waals surface area (Å²) >= 11 is 0. The number of benzene rings is 1. The zero-order chi connectivity index (χ0) is 14.2. The summed E-state index contributed by atoms with van der Waals surface area (Å²) in [5.74, 6) is 0.0466. The highest BCUT2D eigenvalue weighted by molar-refractivity contribution is 5.99. The van der Waals surface area contributed by atoms with Gasteiger partial charge in [0.1, 0.15) is 0 Å². The van der Waals surface area contributed by atoms with Crippen molar-refractivity contribution in [3.05, 3.63) is 35.0 Å². The van der Waals surface area contributed by atoms with Crippen molar-refractivity contribution >= 4 is 16.8 Å². The molecule has 1 saturated heterocycles. The van der Waals surface area contributed by atoms with Crippen molar-refractivity contribution in [1.82, 2.24) is 15.2 Å². The third kappa shape index (κ3) is 2.33. The smallest absolute Gasteiger partial charge is 0.251 e. The summed E-state index contributed by atoms with van der Waals surface area (Å²) in [5, 5.41) is 4.27. The van der Waals surface area contributed by atoms with E-state index in [1.165, 1.54) is 42.6 Å². The van der Waals surface area contributed by atoms with Gasteiger partial charge in [-0.15, -0.1) is 0 Å². The van der Waals surface area contributed by atoms with Crippen LogP contribution in [0.15, 0.2) is 18.2 Å². The first kappa shape index (κ1) is 12.9. The normalized spacial score (nSPS) is 17.7. The van der Waals surface area contributed by atoms with Gasteiger partial charge in [-0.05, 0) is 62.5 Å². The van der Waals surface area contributed by atoms with E-state index in [1.54, 1.807) is 0 Å². The Morgan fingerprint density at radius 3 is 2.95 bits per heavy atom. The predicted molar refractivity (Wildman–Crippen MR) is 83.7 cm³/mol. The number of amides is 1. The van der Waals surface area contributed by atoms with Gasteiger partial charge >= 0.3 is 0 Å². The lowest BCUT2D eigenvalue weighted by molar-refractivity contribution is 0.0941. The quantitative estimate of drug-likeness (QED) is 0.902. The molecule has 110 valence electrons. The number of hydrogen-bond donors (Lipinski definition) is 2. The van der Waals surface area contributed by atoms with Gasteiger partial charge in [-0.3, -0.25) is 4.79 Å². The number of aromatic nitrogens is 1. The largest absolute Gasteiger partial charge is 0.358 e. The fourth-order valence-electron chi connectivity index (χ4n) is 3.42. The fraction of sp³-hybridized carbons (Fsp3) is 0.471. The number of nitrogens with zero attached hydrogens (tertiary/aromatic N) is 1. The molecule has 4 heteroatoms. The summed E-state index contributed by atoms with van der Waals surface area (Å²) in [6.45, 7) is 4.06. The Labute approximate surface area is 124 Å². The first-order chi connectivity index (χ1) is 10.3. The number of likely N-dealkylation sites (tertiary alicyclic amines) is 1. The molecule has 1 aliphatic heterocycles. The average molecular weight is 283 g/mol. The summed E-state index contributed by atoms with van der Waals surface area (Å²) < 4.78 is 0. The topological polar surface area (TPSA) is 48.1 Å². The monoisotopic (exact) mass is 283 g/mol. The molecular weight excluding hydrogens is 262 g/mol. The molecule has 4 rings (SSSR count). The van der Waals surface area contributed by atoms with Crippen LogP contribution in [0, 0.1) is 0 Å². The van der Waals surface area contributed by atoms with E-state index in [4.69, 9.17) is 0 Å². The molecule has 2 N–H and O–H groups in total. The van der Waals surface area contributed by atoms with Gasteiger partial charge in [0.15, 0.2) is 0 Å². The molecule has 0 saturated carbocycles. The van der Waals surface area contributed by atoms with Gasteiger partial charge in [-0.25, -0.2) is 0 Å². The summed E-state index contributed by atoms with van der Waals surface area (Å²) in [5.41, 5.74) is 4.72. The van der Waals surface area contributed by atoms with E-state index < -0.39 is 0 Å². The zero-order valence-corrected chi connectivity index (χ0v) is 12.2. The number of carbonyl (C=O) groups is 1. The van der Waals surface area contributed by atoms with E-state index in [9.17, 15) is 4.79 Å². The Hall–Kier alpha value is -1.81. The van der Waals surface area contributed by atoms with Crippen molar-refractivity contribution < 1.29 is 4.79 Å². The van der Waals surface area contributed by atoms with Gasteiger partial charge in [0.2, 0.25) is 0 Å². The lowest BCUT2D eigenvalue weighted by Gasteiger charge is -2.30. The third-order valence-electron chi connectivity index (χ3n) is 4.77. The van der Waals surface area contributed by atoms with Crippen LogP contribution in [0.1, 0.15) is 34.5 Å². The van der Waals surface area contributed by atoms with Crippen molar-refractivity contribution in [3.8, 4) is 0 Å². The Balaban J connectivity index is 1.48. The molecule has 1 aliphatic carbocycles. The summed E-state index contributed by atoms with van der Waals surface area (Å²) in [6, 6.07) is 6.01. The van der Waals surface area contributed by atoms with Gasteiger partial charge in [-0.1, -0.05) is 0 Å². The van der Waals surface area contributed by atoms with Crippen molar-refractivity contribution in [2.45, 2.75) is 25.7 Å². The molecule has 0 unspecified atom stereocenters. The van der Waals surface area contributed by atoms with Crippen LogP contribution in [0.2, 0.25) is 0 Å². The molecule has 0 bridgehead atoms. The second kappa shape index (κ2) is 5.19. The Kier molecular flexibility index (Phi) is 3.19. The number of rotatable bonds is 4. The standard InChI is InChI=1S/C17H21N3O/c21-17(18-7-10-20-8-2-9-20)12-5-6-16-14(11-12)13-3-1-4-15(13)19-16/h5-6,11,19H,1-4,7-10H2,(H,18,21).